The fourth-order valence-electron chi connectivity index (χ4n) is 4.18. The number of benzene rings is 3. The number of anilines is 2. The summed E-state index contributed by atoms with van der Waals surface area (Å²) in [6.07, 6.45) is 1.76. The summed E-state index contributed by atoms with van der Waals surface area (Å²) in [5.74, 6) is 1.49. The normalized spacial score (nSPS) is 11.1. The Kier molecular flexibility index (Phi) is 7.63. The number of rotatable bonds is 9. The van der Waals surface area contributed by atoms with E-state index in [1.165, 1.54) is 0 Å². The molecule has 2 N–H and O–H groups in total. The average Bonchev–Trinajstić information content (AvgIpc) is 2.88. The van der Waals surface area contributed by atoms with Gasteiger partial charge in [-0.2, -0.15) is 0 Å². The molecule has 0 atom stereocenters. The monoisotopic (exact) mass is 491 g/mol. The number of pyridine rings is 1. The van der Waals surface area contributed by atoms with Gasteiger partial charge in [-0.25, -0.2) is 0 Å². The van der Waals surface area contributed by atoms with E-state index in [4.69, 9.17) is 21.1 Å². The minimum atomic E-state index is 0.251. The Morgan fingerprint density at radius 2 is 1.71 bits per heavy atom. The third-order valence-corrected chi connectivity index (χ3v) is 6.39. The summed E-state index contributed by atoms with van der Waals surface area (Å²) in [7, 11) is 3.21. The Labute approximate surface area is 211 Å². The van der Waals surface area contributed by atoms with E-state index >= 15 is 0 Å². The van der Waals surface area contributed by atoms with Crippen LogP contribution in [0.15, 0.2) is 60.8 Å². The van der Waals surface area contributed by atoms with Gasteiger partial charge in [0.15, 0.2) is 11.5 Å². The first-order valence-corrected chi connectivity index (χ1v) is 12.0. The number of halogens is 1. The van der Waals surface area contributed by atoms with E-state index in [1.54, 1.807) is 20.4 Å². The number of nitrogens with zero attached hydrogens (tertiary/aromatic N) is 2. The molecule has 0 amide bonds. The summed E-state index contributed by atoms with van der Waals surface area (Å²) in [5.41, 5.74) is 4.95. The fraction of sp³-hybridized carbons (Fsp3) is 0.250. The lowest BCUT2D eigenvalue weighted by molar-refractivity contribution is 0.291. The lowest BCUT2D eigenvalue weighted by Gasteiger charge is -2.21. The predicted octanol–water partition coefficient (Wildman–Crippen LogP) is 6.86. The van der Waals surface area contributed by atoms with Gasteiger partial charge in [-0.05, 0) is 67.2 Å². The molecule has 3 aromatic carbocycles. The second-order valence-electron chi connectivity index (χ2n) is 8.21. The molecule has 0 fully saturated rings. The van der Waals surface area contributed by atoms with Gasteiger partial charge in [0.25, 0.3) is 0 Å². The standard InChI is InChI=1S/C28H30ClN3O3/c1-5-32(6-2)17-19-13-21(31-24-11-12-30-25-15-20(29)8-9-22(24)25)16-23(28(19)33)18-7-10-26(34-3)27(14-18)35-4/h7-16,33H,5-6,17H2,1-4H3,(H,30,31). The predicted molar refractivity (Wildman–Crippen MR) is 143 cm³/mol. The first-order chi connectivity index (χ1) is 17.0. The van der Waals surface area contributed by atoms with Gasteiger partial charge < -0.3 is 19.9 Å². The van der Waals surface area contributed by atoms with Crippen LogP contribution >= 0.6 is 11.6 Å². The second kappa shape index (κ2) is 10.8. The van der Waals surface area contributed by atoms with Crippen molar-refractivity contribution in [2.75, 3.05) is 32.6 Å². The maximum atomic E-state index is 11.3. The lowest BCUT2D eigenvalue weighted by atomic mass is 9.99. The molecule has 0 radical (unpaired) electrons. The molecule has 4 aromatic rings. The molecule has 35 heavy (non-hydrogen) atoms. The Hall–Kier alpha value is -3.48. The van der Waals surface area contributed by atoms with E-state index in [0.717, 1.165) is 46.5 Å². The zero-order valence-corrected chi connectivity index (χ0v) is 21.2. The minimum Gasteiger partial charge on any atom is -0.507 e. The van der Waals surface area contributed by atoms with Crippen LogP contribution in [0.2, 0.25) is 5.02 Å². The highest BCUT2D eigenvalue weighted by Crippen LogP contribution is 2.40. The minimum absolute atomic E-state index is 0.251. The summed E-state index contributed by atoms with van der Waals surface area (Å²) in [6.45, 7) is 6.63. The number of methoxy groups -OCH3 is 2. The summed E-state index contributed by atoms with van der Waals surface area (Å²) in [6, 6.07) is 17.2. The molecular formula is C28H30ClN3O3. The molecule has 1 aromatic heterocycles. The smallest absolute Gasteiger partial charge is 0.161 e. The molecule has 0 aliphatic carbocycles. The van der Waals surface area contributed by atoms with Gasteiger partial charge in [0.2, 0.25) is 0 Å². The van der Waals surface area contributed by atoms with Crippen molar-refractivity contribution in [2.24, 2.45) is 0 Å². The van der Waals surface area contributed by atoms with Crippen molar-refractivity contribution < 1.29 is 14.6 Å². The Morgan fingerprint density at radius 3 is 2.43 bits per heavy atom. The molecule has 0 saturated carbocycles. The Morgan fingerprint density at radius 1 is 0.943 bits per heavy atom. The van der Waals surface area contributed by atoms with Gasteiger partial charge in [-0.1, -0.05) is 31.5 Å². The van der Waals surface area contributed by atoms with Crippen molar-refractivity contribution in [1.82, 2.24) is 9.88 Å². The Balaban J connectivity index is 1.83. The van der Waals surface area contributed by atoms with Crippen LogP contribution in [0.1, 0.15) is 19.4 Å². The number of fused-ring (bicyclic) bond motifs is 1. The van der Waals surface area contributed by atoms with Crippen molar-refractivity contribution >= 4 is 33.9 Å². The molecule has 7 heteroatoms. The molecule has 4 rings (SSSR count). The molecular weight excluding hydrogens is 462 g/mol. The van der Waals surface area contributed by atoms with Crippen LogP contribution in [0.25, 0.3) is 22.0 Å². The molecule has 0 spiro atoms. The van der Waals surface area contributed by atoms with E-state index in [9.17, 15) is 5.11 Å². The first kappa shape index (κ1) is 24.6. The van der Waals surface area contributed by atoms with Gasteiger partial charge in [-0.15, -0.1) is 0 Å². The number of nitrogens with one attached hydrogen (secondary N) is 1. The maximum absolute atomic E-state index is 11.3. The fourth-order valence-corrected chi connectivity index (χ4v) is 4.35. The molecule has 6 nitrogen and oxygen atoms in total. The average molecular weight is 492 g/mol. The third-order valence-electron chi connectivity index (χ3n) is 6.16. The van der Waals surface area contributed by atoms with Crippen molar-refractivity contribution in [3.8, 4) is 28.4 Å². The molecule has 182 valence electrons. The molecule has 0 unspecified atom stereocenters. The number of aromatic nitrogens is 1. The third kappa shape index (κ3) is 5.29. The van der Waals surface area contributed by atoms with Crippen LogP contribution in [0.5, 0.6) is 17.2 Å². The van der Waals surface area contributed by atoms with Crippen LogP contribution in [-0.4, -0.2) is 42.3 Å². The van der Waals surface area contributed by atoms with Crippen molar-refractivity contribution in [2.45, 2.75) is 20.4 Å². The van der Waals surface area contributed by atoms with Gasteiger partial charge >= 0.3 is 0 Å². The van der Waals surface area contributed by atoms with Crippen LogP contribution in [0, 0.1) is 0 Å². The highest BCUT2D eigenvalue weighted by molar-refractivity contribution is 6.31. The van der Waals surface area contributed by atoms with Gasteiger partial charge in [-0.3, -0.25) is 9.88 Å². The number of hydrogen-bond acceptors (Lipinski definition) is 6. The quantitative estimate of drug-likeness (QED) is 0.249. The number of phenols is 1. The van der Waals surface area contributed by atoms with Gasteiger partial charge in [0.1, 0.15) is 5.75 Å². The van der Waals surface area contributed by atoms with Crippen molar-refractivity contribution in [1.29, 1.82) is 0 Å². The molecule has 1 heterocycles. The topological polar surface area (TPSA) is 66.9 Å². The molecule has 0 aliphatic heterocycles. The number of ether oxygens (including phenoxy) is 2. The Bertz CT molecular complexity index is 1340. The lowest BCUT2D eigenvalue weighted by Crippen LogP contribution is -2.22. The maximum Gasteiger partial charge on any atom is 0.161 e. The van der Waals surface area contributed by atoms with Crippen molar-refractivity contribution in [3.05, 3.63) is 71.4 Å². The molecule has 0 aliphatic rings. The zero-order chi connectivity index (χ0) is 24.9. The van der Waals surface area contributed by atoms with Gasteiger partial charge in [0, 0.05) is 45.7 Å². The second-order valence-corrected chi connectivity index (χ2v) is 8.64. The number of hydrogen-bond donors (Lipinski definition) is 2. The van der Waals surface area contributed by atoms with Crippen LogP contribution in [-0.2, 0) is 6.54 Å². The summed E-state index contributed by atoms with van der Waals surface area (Å²) >= 11 is 6.17. The van der Waals surface area contributed by atoms with E-state index in [-0.39, 0.29) is 5.75 Å². The van der Waals surface area contributed by atoms with E-state index in [0.29, 0.717) is 28.6 Å². The highest BCUT2D eigenvalue weighted by atomic mass is 35.5. The van der Waals surface area contributed by atoms with Crippen LogP contribution in [0.4, 0.5) is 11.4 Å². The zero-order valence-electron chi connectivity index (χ0n) is 20.4. The van der Waals surface area contributed by atoms with E-state index < -0.39 is 0 Å². The summed E-state index contributed by atoms with van der Waals surface area (Å²) < 4.78 is 10.9. The first-order valence-electron chi connectivity index (χ1n) is 11.6. The van der Waals surface area contributed by atoms with E-state index in [2.05, 4.69) is 29.0 Å². The van der Waals surface area contributed by atoms with Crippen molar-refractivity contribution in [3.63, 3.8) is 0 Å². The number of phenolic OH excluding ortho intramolecular Hbond substituents is 1. The highest BCUT2D eigenvalue weighted by Gasteiger charge is 2.16. The molecule has 0 bridgehead atoms. The van der Waals surface area contributed by atoms with Crippen LogP contribution in [0.3, 0.4) is 0 Å². The largest absolute Gasteiger partial charge is 0.507 e. The SMILES string of the molecule is CCN(CC)Cc1cc(Nc2ccnc3cc(Cl)ccc23)cc(-c2ccc(OC)c(OC)c2)c1O. The van der Waals surface area contributed by atoms with Gasteiger partial charge in [0.05, 0.1) is 19.7 Å². The summed E-state index contributed by atoms with van der Waals surface area (Å²) in [5, 5.41) is 16.5. The van der Waals surface area contributed by atoms with Crippen LogP contribution < -0.4 is 14.8 Å². The molecule has 0 saturated heterocycles. The number of aromatic hydroxyl groups is 1. The summed E-state index contributed by atoms with van der Waals surface area (Å²) in [4.78, 5) is 6.71. The van der Waals surface area contributed by atoms with E-state index in [1.807, 2.05) is 54.6 Å².